The normalized spacial score (nSPS) is 10.4. The number of halogens is 1. The van der Waals surface area contributed by atoms with Crippen LogP contribution in [0.4, 0.5) is 0 Å². The molecule has 0 radical (unpaired) electrons. The maximum Gasteiger partial charge on any atom is 0.131 e. The summed E-state index contributed by atoms with van der Waals surface area (Å²) in [6, 6.07) is 7.74. The van der Waals surface area contributed by atoms with Gasteiger partial charge in [-0.15, -0.1) is 11.3 Å². The van der Waals surface area contributed by atoms with Gasteiger partial charge in [-0.2, -0.15) is 0 Å². The van der Waals surface area contributed by atoms with E-state index in [1.807, 2.05) is 29.6 Å². The predicted octanol–water partition coefficient (Wildman–Crippen LogP) is 2.94. The van der Waals surface area contributed by atoms with Crippen LogP contribution >= 0.6 is 27.3 Å². The third-order valence-corrected chi connectivity index (χ3v) is 3.37. The number of nitrogens with zero attached hydrogens (tertiary/aromatic N) is 1. The first-order valence-electron chi connectivity index (χ1n) is 4.79. The van der Waals surface area contributed by atoms with E-state index < -0.39 is 0 Å². The Balaban J connectivity index is 1.96. The molecular formula is C11H11BrN2OS. The molecule has 0 saturated carbocycles. The van der Waals surface area contributed by atoms with E-state index >= 15 is 0 Å². The lowest BCUT2D eigenvalue weighted by Gasteiger charge is -2.03. The van der Waals surface area contributed by atoms with Crippen molar-refractivity contribution < 1.29 is 4.74 Å². The van der Waals surface area contributed by atoms with Crippen LogP contribution in [0.3, 0.4) is 0 Å². The number of hydrogen-bond acceptors (Lipinski definition) is 4. The van der Waals surface area contributed by atoms with Gasteiger partial charge in [-0.3, -0.25) is 0 Å². The molecule has 0 bridgehead atoms. The molecule has 0 spiro atoms. The molecule has 84 valence electrons. The molecule has 0 unspecified atom stereocenters. The molecule has 5 heteroatoms. The number of rotatable bonds is 4. The van der Waals surface area contributed by atoms with E-state index in [4.69, 9.17) is 10.5 Å². The maximum atomic E-state index is 5.60. The van der Waals surface area contributed by atoms with Crippen LogP contribution < -0.4 is 10.5 Å². The first-order chi connectivity index (χ1) is 7.78. The summed E-state index contributed by atoms with van der Waals surface area (Å²) in [6.45, 7) is 0.967. The summed E-state index contributed by atoms with van der Waals surface area (Å²) in [7, 11) is 0. The second-order valence-corrected chi connectivity index (χ2v) is 5.04. The van der Waals surface area contributed by atoms with Crippen molar-refractivity contribution in [2.24, 2.45) is 5.73 Å². The fraction of sp³-hybridized carbons (Fsp3) is 0.182. The Hall–Kier alpha value is -0.910. The van der Waals surface area contributed by atoms with E-state index in [-0.39, 0.29) is 0 Å². The summed E-state index contributed by atoms with van der Waals surface area (Å²) in [5.74, 6) is 0.830. The van der Waals surface area contributed by atoms with Crippen LogP contribution in [0.25, 0.3) is 0 Å². The van der Waals surface area contributed by atoms with Crippen LogP contribution in [-0.4, -0.2) is 4.98 Å². The van der Waals surface area contributed by atoms with Crippen molar-refractivity contribution in [2.75, 3.05) is 0 Å². The first-order valence-corrected chi connectivity index (χ1v) is 6.47. The molecule has 0 amide bonds. The van der Waals surface area contributed by atoms with Gasteiger partial charge in [0.15, 0.2) is 0 Å². The van der Waals surface area contributed by atoms with Gasteiger partial charge in [-0.1, -0.05) is 22.0 Å². The third kappa shape index (κ3) is 3.04. The number of nitrogens with two attached hydrogens (primary N) is 1. The zero-order valence-electron chi connectivity index (χ0n) is 8.52. The number of hydrogen-bond donors (Lipinski definition) is 1. The van der Waals surface area contributed by atoms with Gasteiger partial charge in [0.25, 0.3) is 0 Å². The Morgan fingerprint density at radius 2 is 2.31 bits per heavy atom. The Labute approximate surface area is 106 Å². The van der Waals surface area contributed by atoms with Gasteiger partial charge in [0.2, 0.25) is 0 Å². The highest BCUT2D eigenvalue weighted by Gasteiger charge is 2.01. The molecule has 3 nitrogen and oxygen atoms in total. The van der Waals surface area contributed by atoms with Gasteiger partial charge < -0.3 is 10.5 Å². The molecule has 0 aliphatic heterocycles. The van der Waals surface area contributed by atoms with Crippen LogP contribution in [-0.2, 0) is 13.2 Å². The molecule has 0 atom stereocenters. The van der Waals surface area contributed by atoms with Crippen molar-refractivity contribution >= 4 is 27.3 Å². The highest BCUT2D eigenvalue weighted by Crippen LogP contribution is 2.19. The molecule has 1 aromatic heterocycles. The standard InChI is InChI=1S/C11H11BrN2OS/c12-8-2-1-3-10(4-8)15-6-9-7-16-11(5-13)14-9/h1-4,7H,5-6,13H2. The predicted molar refractivity (Wildman–Crippen MR) is 68.5 cm³/mol. The van der Waals surface area contributed by atoms with Crippen LogP contribution in [0.5, 0.6) is 5.75 Å². The minimum absolute atomic E-state index is 0.479. The summed E-state index contributed by atoms with van der Waals surface area (Å²) in [6.07, 6.45) is 0. The van der Waals surface area contributed by atoms with Crippen molar-refractivity contribution in [3.05, 3.63) is 44.8 Å². The summed E-state index contributed by atoms with van der Waals surface area (Å²) >= 11 is 4.96. The Bertz CT molecular complexity index is 473. The number of thiazole rings is 1. The number of benzene rings is 1. The van der Waals surface area contributed by atoms with Gasteiger partial charge in [-0.05, 0) is 18.2 Å². The van der Waals surface area contributed by atoms with Crippen LogP contribution in [0, 0.1) is 0 Å². The van der Waals surface area contributed by atoms with E-state index in [0.717, 1.165) is 20.9 Å². The first kappa shape index (κ1) is 11.6. The van der Waals surface area contributed by atoms with Gasteiger partial charge >= 0.3 is 0 Å². The van der Waals surface area contributed by atoms with Gasteiger partial charge in [0.1, 0.15) is 17.4 Å². The molecule has 0 aliphatic carbocycles. The third-order valence-electron chi connectivity index (χ3n) is 1.96. The van der Waals surface area contributed by atoms with Gasteiger partial charge in [-0.25, -0.2) is 4.98 Å². The monoisotopic (exact) mass is 298 g/mol. The summed E-state index contributed by atoms with van der Waals surface area (Å²) in [5.41, 5.74) is 6.41. The lowest BCUT2D eigenvalue weighted by molar-refractivity contribution is 0.301. The SMILES string of the molecule is NCc1nc(COc2cccc(Br)c2)cs1. The van der Waals surface area contributed by atoms with Crippen LogP contribution in [0.1, 0.15) is 10.7 Å². The molecule has 16 heavy (non-hydrogen) atoms. The van der Waals surface area contributed by atoms with Crippen molar-refractivity contribution in [3.8, 4) is 5.75 Å². The average molecular weight is 299 g/mol. The van der Waals surface area contributed by atoms with Gasteiger partial charge in [0.05, 0.1) is 5.69 Å². The number of aromatic nitrogens is 1. The van der Waals surface area contributed by atoms with E-state index in [1.54, 1.807) is 11.3 Å². The molecular weight excluding hydrogens is 288 g/mol. The van der Waals surface area contributed by atoms with Crippen molar-refractivity contribution in [3.63, 3.8) is 0 Å². The Morgan fingerprint density at radius 1 is 1.44 bits per heavy atom. The lowest BCUT2D eigenvalue weighted by atomic mass is 10.3. The van der Waals surface area contributed by atoms with Gasteiger partial charge in [0, 0.05) is 16.4 Å². The topological polar surface area (TPSA) is 48.1 Å². The highest BCUT2D eigenvalue weighted by molar-refractivity contribution is 9.10. The largest absolute Gasteiger partial charge is 0.487 e. The molecule has 1 aromatic carbocycles. The fourth-order valence-corrected chi connectivity index (χ4v) is 2.26. The molecule has 2 aromatic rings. The summed E-state index contributed by atoms with van der Waals surface area (Å²) in [5, 5.41) is 2.91. The fourth-order valence-electron chi connectivity index (χ4n) is 1.22. The zero-order valence-corrected chi connectivity index (χ0v) is 10.9. The van der Waals surface area contributed by atoms with E-state index in [0.29, 0.717) is 13.2 Å². The molecule has 0 fully saturated rings. The van der Waals surface area contributed by atoms with E-state index in [9.17, 15) is 0 Å². The highest BCUT2D eigenvalue weighted by atomic mass is 79.9. The Morgan fingerprint density at radius 3 is 3.00 bits per heavy atom. The maximum absolute atomic E-state index is 5.60. The molecule has 0 saturated heterocycles. The van der Waals surface area contributed by atoms with Crippen LogP contribution in [0.15, 0.2) is 34.1 Å². The van der Waals surface area contributed by atoms with Crippen LogP contribution in [0.2, 0.25) is 0 Å². The quantitative estimate of drug-likeness (QED) is 0.944. The minimum atomic E-state index is 0.479. The molecule has 2 rings (SSSR count). The second kappa shape index (κ2) is 5.43. The van der Waals surface area contributed by atoms with Crippen molar-refractivity contribution in [1.82, 2.24) is 4.98 Å². The van der Waals surface area contributed by atoms with Crippen molar-refractivity contribution in [2.45, 2.75) is 13.2 Å². The second-order valence-electron chi connectivity index (χ2n) is 3.18. The summed E-state index contributed by atoms with van der Waals surface area (Å²) < 4.78 is 6.61. The van der Waals surface area contributed by atoms with Crippen molar-refractivity contribution in [1.29, 1.82) is 0 Å². The molecule has 0 aliphatic rings. The van der Waals surface area contributed by atoms with E-state index in [2.05, 4.69) is 20.9 Å². The van der Waals surface area contributed by atoms with E-state index in [1.165, 1.54) is 0 Å². The average Bonchev–Trinajstić information content (AvgIpc) is 2.74. The minimum Gasteiger partial charge on any atom is -0.487 e. The number of ether oxygens (including phenoxy) is 1. The molecule has 2 N–H and O–H groups in total. The summed E-state index contributed by atoms with van der Waals surface area (Å²) in [4.78, 5) is 4.32. The molecule has 1 heterocycles. The smallest absolute Gasteiger partial charge is 0.131 e. The zero-order chi connectivity index (χ0) is 11.4. The Kier molecular flexibility index (Phi) is 3.93. The lowest BCUT2D eigenvalue weighted by Crippen LogP contribution is -1.98.